The molecule has 7 nitrogen and oxygen atoms in total. The van der Waals surface area contributed by atoms with Crippen molar-refractivity contribution in [1.29, 1.82) is 0 Å². The fourth-order valence-corrected chi connectivity index (χ4v) is 3.02. The molecule has 3 aromatic rings. The molecule has 0 unspecified atom stereocenters. The summed E-state index contributed by atoms with van der Waals surface area (Å²) < 4.78 is 0.570. The van der Waals surface area contributed by atoms with Crippen LogP contribution < -0.4 is 0 Å². The first kappa shape index (κ1) is 11.1. The average Bonchev–Trinajstić information content (AvgIpc) is 2.94. The molecule has 0 bridgehead atoms. The zero-order valence-electron chi connectivity index (χ0n) is 8.73. The van der Waals surface area contributed by atoms with Crippen molar-refractivity contribution in [3.05, 3.63) is 34.6 Å². The van der Waals surface area contributed by atoms with Gasteiger partial charge in [-0.05, 0) is 35.2 Å². The number of thiazole rings is 1. The number of nitro groups is 1. The summed E-state index contributed by atoms with van der Waals surface area (Å²) in [6.07, 6.45) is 2.90. The van der Waals surface area contributed by atoms with Gasteiger partial charge in [-0.1, -0.05) is 0 Å². The SMILES string of the molecule is O=[N+]([O-])c1cnc(Sc2nc3ncccc3[nH]2)s1. The van der Waals surface area contributed by atoms with Crippen molar-refractivity contribution in [2.45, 2.75) is 9.50 Å². The minimum Gasteiger partial charge on any atom is -0.331 e. The molecule has 18 heavy (non-hydrogen) atoms. The van der Waals surface area contributed by atoms with Gasteiger partial charge in [0.1, 0.15) is 6.20 Å². The molecular weight excluding hydrogens is 274 g/mol. The monoisotopic (exact) mass is 279 g/mol. The molecule has 0 saturated heterocycles. The van der Waals surface area contributed by atoms with E-state index in [1.807, 2.05) is 12.1 Å². The first-order valence-corrected chi connectivity index (χ1v) is 6.44. The standard InChI is InChI=1S/C9H5N5O2S2/c15-14(16)6-4-11-9(17-6)18-8-12-5-2-1-3-10-7(5)13-8/h1-4H,(H,10,12,13). The van der Waals surface area contributed by atoms with Crippen LogP contribution in [0.15, 0.2) is 34.0 Å². The van der Waals surface area contributed by atoms with E-state index in [4.69, 9.17) is 0 Å². The minimum absolute atomic E-state index is 0.0201. The summed E-state index contributed by atoms with van der Waals surface area (Å²) in [5, 5.41) is 11.2. The Kier molecular flexibility index (Phi) is 2.68. The maximum absolute atomic E-state index is 10.5. The van der Waals surface area contributed by atoms with Crippen LogP contribution in [0.5, 0.6) is 0 Å². The highest BCUT2D eigenvalue weighted by Crippen LogP contribution is 2.33. The van der Waals surface area contributed by atoms with Gasteiger partial charge in [0.2, 0.25) is 0 Å². The molecule has 0 aromatic carbocycles. The molecule has 0 amide bonds. The van der Waals surface area contributed by atoms with Crippen LogP contribution in [-0.4, -0.2) is 24.9 Å². The van der Waals surface area contributed by atoms with Crippen LogP contribution in [0.3, 0.4) is 0 Å². The zero-order valence-corrected chi connectivity index (χ0v) is 10.4. The van der Waals surface area contributed by atoms with E-state index in [0.717, 1.165) is 16.9 Å². The zero-order chi connectivity index (χ0) is 12.5. The molecule has 0 saturated carbocycles. The van der Waals surface area contributed by atoms with Gasteiger partial charge in [0.25, 0.3) is 0 Å². The minimum atomic E-state index is -0.456. The number of hydrogen-bond acceptors (Lipinski definition) is 7. The predicted molar refractivity (Wildman–Crippen MR) is 66.8 cm³/mol. The number of H-pyrrole nitrogens is 1. The molecule has 0 spiro atoms. The second-order valence-electron chi connectivity index (χ2n) is 3.24. The van der Waals surface area contributed by atoms with Crippen LogP contribution in [-0.2, 0) is 0 Å². The number of imidazole rings is 1. The Morgan fingerprint density at radius 1 is 1.44 bits per heavy atom. The Balaban J connectivity index is 1.88. The topological polar surface area (TPSA) is 97.6 Å². The lowest BCUT2D eigenvalue weighted by Crippen LogP contribution is -1.80. The Hall–Kier alpha value is -2.00. The van der Waals surface area contributed by atoms with Gasteiger partial charge in [0.05, 0.1) is 10.4 Å². The molecule has 90 valence electrons. The Bertz CT molecular complexity index is 689. The van der Waals surface area contributed by atoms with Crippen LogP contribution in [0.4, 0.5) is 5.00 Å². The van der Waals surface area contributed by atoms with Gasteiger partial charge in [-0.25, -0.2) is 15.0 Å². The molecular formula is C9H5N5O2S2. The molecule has 0 atom stereocenters. The van der Waals surface area contributed by atoms with E-state index in [2.05, 4.69) is 19.9 Å². The van der Waals surface area contributed by atoms with Gasteiger partial charge in [-0.3, -0.25) is 10.1 Å². The normalized spacial score (nSPS) is 10.9. The van der Waals surface area contributed by atoms with Crippen molar-refractivity contribution in [3.8, 4) is 0 Å². The second kappa shape index (κ2) is 4.35. The van der Waals surface area contributed by atoms with E-state index >= 15 is 0 Å². The first-order chi connectivity index (χ1) is 8.72. The lowest BCUT2D eigenvalue weighted by molar-refractivity contribution is -0.380. The van der Waals surface area contributed by atoms with Gasteiger partial charge >= 0.3 is 5.00 Å². The average molecular weight is 279 g/mol. The van der Waals surface area contributed by atoms with Crippen LogP contribution in [0, 0.1) is 10.1 Å². The molecule has 3 heterocycles. The summed E-state index contributed by atoms with van der Waals surface area (Å²) in [5.41, 5.74) is 1.44. The van der Waals surface area contributed by atoms with Crippen molar-refractivity contribution >= 4 is 39.3 Å². The molecule has 0 aliphatic carbocycles. The van der Waals surface area contributed by atoms with E-state index in [0.29, 0.717) is 15.1 Å². The summed E-state index contributed by atoms with van der Waals surface area (Å²) in [7, 11) is 0. The van der Waals surface area contributed by atoms with Crippen LogP contribution in [0.2, 0.25) is 0 Å². The van der Waals surface area contributed by atoms with Gasteiger partial charge in [0, 0.05) is 6.20 Å². The molecule has 0 aliphatic rings. The van der Waals surface area contributed by atoms with Crippen LogP contribution in [0.1, 0.15) is 0 Å². The fourth-order valence-electron chi connectivity index (χ4n) is 1.34. The van der Waals surface area contributed by atoms with Crippen LogP contribution in [0.25, 0.3) is 11.2 Å². The van der Waals surface area contributed by atoms with Crippen molar-refractivity contribution < 1.29 is 4.92 Å². The van der Waals surface area contributed by atoms with Crippen molar-refractivity contribution in [2.75, 3.05) is 0 Å². The lowest BCUT2D eigenvalue weighted by atomic mass is 10.4. The number of aromatic nitrogens is 4. The Morgan fingerprint density at radius 3 is 3.06 bits per heavy atom. The van der Waals surface area contributed by atoms with Gasteiger partial charge in [-0.2, -0.15) is 0 Å². The summed E-state index contributed by atoms with van der Waals surface area (Å²) in [6.45, 7) is 0. The Labute approximate surface area is 108 Å². The van der Waals surface area contributed by atoms with E-state index in [1.54, 1.807) is 6.20 Å². The summed E-state index contributed by atoms with van der Waals surface area (Å²) in [6, 6.07) is 3.67. The number of pyridine rings is 1. The van der Waals surface area contributed by atoms with Gasteiger partial charge in [0.15, 0.2) is 15.1 Å². The second-order valence-corrected chi connectivity index (χ2v) is 5.49. The van der Waals surface area contributed by atoms with Crippen molar-refractivity contribution in [1.82, 2.24) is 19.9 Å². The van der Waals surface area contributed by atoms with Gasteiger partial charge in [-0.15, -0.1) is 0 Å². The number of fused-ring (bicyclic) bond motifs is 1. The smallest absolute Gasteiger partial charge is 0.331 e. The fraction of sp³-hybridized carbons (Fsp3) is 0. The highest BCUT2D eigenvalue weighted by molar-refractivity contribution is 8.00. The molecule has 0 aliphatic heterocycles. The molecule has 0 fully saturated rings. The summed E-state index contributed by atoms with van der Waals surface area (Å²) >= 11 is 2.27. The summed E-state index contributed by atoms with van der Waals surface area (Å²) in [5.74, 6) is 0. The van der Waals surface area contributed by atoms with E-state index in [-0.39, 0.29) is 5.00 Å². The number of nitrogens with one attached hydrogen (secondary N) is 1. The predicted octanol–water partition coefficient (Wildman–Crippen LogP) is 2.47. The lowest BCUT2D eigenvalue weighted by Gasteiger charge is -1.87. The molecule has 1 N–H and O–H groups in total. The van der Waals surface area contributed by atoms with Crippen molar-refractivity contribution in [2.24, 2.45) is 0 Å². The number of hydrogen-bond donors (Lipinski definition) is 1. The molecule has 3 rings (SSSR count). The van der Waals surface area contributed by atoms with Crippen LogP contribution >= 0.6 is 23.1 Å². The largest absolute Gasteiger partial charge is 0.344 e. The highest BCUT2D eigenvalue weighted by Gasteiger charge is 2.14. The van der Waals surface area contributed by atoms with Gasteiger partial charge < -0.3 is 4.98 Å². The third-order valence-electron chi connectivity index (χ3n) is 2.07. The van der Waals surface area contributed by atoms with E-state index < -0.39 is 4.92 Å². The maximum atomic E-state index is 10.5. The number of aromatic amines is 1. The number of nitrogens with zero attached hydrogens (tertiary/aromatic N) is 4. The molecule has 9 heteroatoms. The summed E-state index contributed by atoms with van der Waals surface area (Å²) in [4.78, 5) is 25.5. The first-order valence-electron chi connectivity index (χ1n) is 4.81. The van der Waals surface area contributed by atoms with E-state index in [1.165, 1.54) is 18.0 Å². The van der Waals surface area contributed by atoms with E-state index in [9.17, 15) is 10.1 Å². The van der Waals surface area contributed by atoms with Crippen molar-refractivity contribution in [3.63, 3.8) is 0 Å². The third kappa shape index (κ3) is 2.05. The molecule has 0 radical (unpaired) electrons. The quantitative estimate of drug-likeness (QED) is 0.584. The maximum Gasteiger partial charge on any atom is 0.344 e. The third-order valence-corrected chi connectivity index (χ3v) is 3.98. The Morgan fingerprint density at radius 2 is 2.33 bits per heavy atom. The highest BCUT2D eigenvalue weighted by atomic mass is 32.2. The number of rotatable bonds is 3. The molecule has 3 aromatic heterocycles.